The van der Waals surface area contributed by atoms with Crippen LogP contribution in [-0.4, -0.2) is 0 Å². The van der Waals surface area contributed by atoms with Crippen molar-refractivity contribution >= 4 is 53.9 Å². The molecule has 0 amide bonds. The first-order valence-electron chi connectivity index (χ1n) is 26.6. The van der Waals surface area contributed by atoms with Crippen molar-refractivity contribution in [3.63, 3.8) is 0 Å². The first-order chi connectivity index (χ1) is 38.6. The Morgan fingerprint density at radius 3 is 1.10 bits per heavy atom. The van der Waals surface area contributed by atoms with E-state index in [1.807, 2.05) is 36.4 Å². The second-order valence-electron chi connectivity index (χ2n) is 20.8. The summed E-state index contributed by atoms with van der Waals surface area (Å²) in [6, 6.07) is 97.1. The van der Waals surface area contributed by atoms with Crippen LogP contribution in [-0.2, 0) is 0 Å². The number of rotatable bonds is 6. The van der Waals surface area contributed by atoms with Gasteiger partial charge in [0, 0.05) is 11.1 Å². The van der Waals surface area contributed by atoms with Crippen LogP contribution in [0.2, 0.25) is 0 Å². The quantitative estimate of drug-likeness (QED) is 0.156. The molecule has 0 fully saturated rings. The molecule has 2 nitrogen and oxygen atoms in total. The normalized spacial score (nSPS) is 11.8. The second kappa shape index (κ2) is 16.9. The summed E-state index contributed by atoms with van der Waals surface area (Å²) in [5, 5.41) is 34.1. The maximum atomic E-state index is 11.2. The predicted molar refractivity (Wildman–Crippen MR) is 325 cm³/mol. The fraction of sp³-hybridized carbons (Fsp3) is 0. The standard InChI is InChI=1S/C76H42N2/c77-43-51-35-63(61(47-21-9-3-10-22-47)37-59(51)45-17-5-1-6-18-45)69-40-64-53(65-39-66-54-29-13-25-49-26-14-30-55(73(49)54)67(66)41-70(65)69)33-34-57-68(64)42-72-56-31-15-27-50-28-16-32-58(74(50)56)76(72)75(57)71-36-52(44-78)60(46-19-7-2-8-20-46)38-62(71)48-23-11-4-12-24-48/h1-42H. The Hall–Kier alpha value is -10.6. The summed E-state index contributed by atoms with van der Waals surface area (Å²) in [5.41, 5.74) is 23.1. The molecular formula is C76H42N2. The van der Waals surface area contributed by atoms with Crippen LogP contribution in [0, 0.1) is 22.7 Å². The van der Waals surface area contributed by atoms with Gasteiger partial charge in [-0.1, -0.05) is 206 Å². The van der Waals surface area contributed by atoms with Crippen LogP contribution in [0.15, 0.2) is 255 Å². The largest absolute Gasteiger partial charge is 0.192 e. The molecule has 16 rings (SSSR count). The fourth-order valence-corrected chi connectivity index (χ4v) is 13.4. The van der Waals surface area contributed by atoms with E-state index in [1.54, 1.807) is 0 Å². The Morgan fingerprint density at radius 1 is 0.205 bits per heavy atom. The molecule has 2 aliphatic rings. The third kappa shape index (κ3) is 6.36. The van der Waals surface area contributed by atoms with Crippen molar-refractivity contribution in [2.24, 2.45) is 0 Å². The smallest absolute Gasteiger partial charge is 0.0998 e. The molecule has 0 bridgehead atoms. The van der Waals surface area contributed by atoms with Gasteiger partial charge in [0.25, 0.3) is 0 Å². The summed E-state index contributed by atoms with van der Waals surface area (Å²) in [6.45, 7) is 0. The van der Waals surface area contributed by atoms with Crippen LogP contribution in [0.25, 0.3) is 165 Å². The molecule has 14 aromatic rings. The zero-order valence-electron chi connectivity index (χ0n) is 42.1. The molecule has 0 spiro atoms. The van der Waals surface area contributed by atoms with Crippen LogP contribution in [0.1, 0.15) is 11.1 Å². The van der Waals surface area contributed by atoms with Gasteiger partial charge in [0.1, 0.15) is 0 Å². The second-order valence-corrected chi connectivity index (χ2v) is 20.8. The SMILES string of the molecule is N#Cc1cc(-c2cc3c4cc5c(c(-c6cc(C#N)c(-c7ccccc7)cc6-c6ccccc6)c4ccc3c3cc4c(cc23)-c2cccc3cccc-4c23)-c2cccc3cccc-5c23)c(-c2ccccc2)cc1-c1ccccc1. The average molecular weight is 983 g/mol. The molecule has 14 aromatic carbocycles. The molecule has 356 valence electrons. The van der Waals surface area contributed by atoms with Gasteiger partial charge >= 0.3 is 0 Å². The molecule has 2 aliphatic carbocycles. The third-order valence-electron chi connectivity index (χ3n) is 16.8. The van der Waals surface area contributed by atoms with E-state index in [9.17, 15) is 10.5 Å². The topological polar surface area (TPSA) is 47.6 Å². The molecule has 2 heteroatoms. The van der Waals surface area contributed by atoms with Crippen molar-refractivity contribution in [1.82, 2.24) is 0 Å². The summed E-state index contributed by atoms with van der Waals surface area (Å²) < 4.78 is 0. The van der Waals surface area contributed by atoms with Crippen molar-refractivity contribution in [3.05, 3.63) is 266 Å². The van der Waals surface area contributed by atoms with E-state index >= 15 is 0 Å². The van der Waals surface area contributed by atoms with Gasteiger partial charge in [-0.05, 0) is 203 Å². The first-order valence-corrected chi connectivity index (χ1v) is 26.6. The summed E-state index contributed by atoms with van der Waals surface area (Å²) in [4.78, 5) is 0. The number of fused-ring (bicyclic) bond motifs is 11. The van der Waals surface area contributed by atoms with Crippen molar-refractivity contribution in [1.29, 1.82) is 10.5 Å². The summed E-state index contributed by atoms with van der Waals surface area (Å²) in [7, 11) is 0. The molecule has 0 saturated carbocycles. The van der Waals surface area contributed by atoms with E-state index in [0.29, 0.717) is 11.1 Å². The molecule has 0 unspecified atom stereocenters. The molecule has 0 atom stereocenters. The molecule has 0 heterocycles. The number of nitrogens with zero attached hydrogens (tertiary/aromatic N) is 2. The van der Waals surface area contributed by atoms with Gasteiger partial charge in [0.15, 0.2) is 0 Å². The van der Waals surface area contributed by atoms with E-state index in [-0.39, 0.29) is 0 Å². The van der Waals surface area contributed by atoms with Gasteiger partial charge in [-0.25, -0.2) is 0 Å². The van der Waals surface area contributed by atoms with Gasteiger partial charge in [0.2, 0.25) is 0 Å². The maximum absolute atomic E-state index is 11.2. The van der Waals surface area contributed by atoms with E-state index in [4.69, 9.17) is 0 Å². The lowest BCUT2D eigenvalue weighted by atomic mass is 9.80. The third-order valence-corrected chi connectivity index (χ3v) is 16.8. The van der Waals surface area contributed by atoms with Gasteiger partial charge in [-0.2, -0.15) is 10.5 Å². The van der Waals surface area contributed by atoms with Gasteiger partial charge in [-0.3, -0.25) is 0 Å². The molecule has 0 radical (unpaired) electrons. The highest BCUT2D eigenvalue weighted by atomic mass is 14.3. The zero-order valence-corrected chi connectivity index (χ0v) is 42.1. The van der Waals surface area contributed by atoms with Gasteiger partial charge in [0.05, 0.1) is 23.3 Å². The predicted octanol–water partition coefficient (Wildman–Crippen LogP) is 20.5. The lowest BCUT2D eigenvalue weighted by Gasteiger charge is -2.22. The van der Waals surface area contributed by atoms with Gasteiger partial charge in [-0.15, -0.1) is 0 Å². The Labute approximate surface area is 451 Å². The van der Waals surface area contributed by atoms with E-state index < -0.39 is 0 Å². The monoisotopic (exact) mass is 982 g/mol. The molecule has 0 N–H and O–H groups in total. The minimum absolute atomic E-state index is 0.618. The van der Waals surface area contributed by atoms with E-state index in [1.165, 1.54) is 66.1 Å². The van der Waals surface area contributed by atoms with E-state index in [0.717, 1.165) is 99.1 Å². The van der Waals surface area contributed by atoms with Crippen LogP contribution in [0.3, 0.4) is 0 Å². The van der Waals surface area contributed by atoms with E-state index in [2.05, 4.69) is 231 Å². The van der Waals surface area contributed by atoms with Crippen molar-refractivity contribution in [2.45, 2.75) is 0 Å². The van der Waals surface area contributed by atoms with Gasteiger partial charge < -0.3 is 0 Å². The van der Waals surface area contributed by atoms with Crippen LogP contribution >= 0.6 is 0 Å². The Kier molecular flexibility index (Phi) is 9.50. The molecular weight excluding hydrogens is 941 g/mol. The molecule has 78 heavy (non-hydrogen) atoms. The summed E-state index contributed by atoms with van der Waals surface area (Å²) in [6.07, 6.45) is 0. The molecule has 0 saturated heterocycles. The molecule has 0 aromatic heterocycles. The van der Waals surface area contributed by atoms with Crippen molar-refractivity contribution in [3.8, 4) is 123 Å². The number of nitriles is 2. The minimum atomic E-state index is 0.618. The summed E-state index contributed by atoms with van der Waals surface area (Å²) in [5.74, 6) is 0. The highest BCUT2D eigenvalue weighted by molar-refractivity contribution is 6.30. The van der Waals surface area contributed by atoms with Crippen molar-refractivity contribution in [2.75, 3.05) is 0 Å². The lowest BCUT2D eigenvalue weighted by Crippen LogP contribution is -1.96. The van der Waals surface area contributed by atoms with Crippen LogP contribution in [0.4, 0.5) is 0 Å². The highest BCUT2D eigenvalue weighted by Crippen LogP contribution is 2.58. The van der Waals surface area contributed by atoms with Crippen LogP contribution < -0.4 is 0 Å². The number of hydrogen-bond donors (Lipinski definition) is 0. The maximum Gasteiger partial charge on any atom is 0.0998 e. The minimum Gasteiger partial charge on any atom is -0.192 e. The molecule has 0 aliphatic heterocycles. The Morgan fingerprint density at radius 2 is 0.577 bits per heavy atom. The fourth-order valence-electron chi connectivity index (χ4n) is 13.4. The first kappa shape index (κ1) is 43.7. The number of hydrogen-bond acceptors (Lipinski definition) is 2. The van der Waals surface area contributed by atoms with Crippen LogP contribution in [0.5, 0.6) is 0 Å². The lowest BCUT2D eigenvalue weighted by molar-refractivity contribution is 1.47. The average Bonchev–Trinajstić information content (AvgIpc) is 4.18. The van der Waals surface area contributed by atoms with Crippen molar-refractivity contribution < 1.29 is 0 Å². The Bertz CT molecular complexity index is 4990. The number of benzene rings is 14. The Balaban J connectivity index is 1.09. The zero-order chi connectivity index (χ0) is 51.6. The highest BCUT2D eigenvalue weighted by Gasteiger charge is 2.31. The summed E-state index contributed by atoms with van der Waals surface area (Å²) >= 11 is 0.